The van der Waals surface area contributed by atoms with Gasteiger partial charge in [-0.1, -0.05) is 11.6 Å². The van der Waals surface area contributed by atoms with E-state index in [9.17, 15) is 9.50 Å². The summed E-state index contributed by atoms with van der Waals surface area (Å²) in [7, 11) is 3.76. The summed E-state index contributed by atoms with van der Waals surface area (Å²) in [4.78, 5) is 13.1. The third kappa shape index (κ3) is 5.28. The van der Waals surface area contributed by atoms with Gasteiger partial charge in [0.15, 0.2) is 12.5 Å². The Morgan fingerprint density at radius 1 is 1.39 bits per heavy atom. The molecule has 5 atom stereocenters. The number of rotatable bonds is 6. The molecule has 4 aliphatic rings. The van der Waals surface area contributed by atoms with E-state index >= 15 is 0 Å². The van der Waals surface area contributed by atoms with Gasteiger partial charge in [0.05, 0.1) is 6.54 Å². The molecule has 4 rings (SSSR count). The molecule has 1 saturated heterocycles. The lowest BCUT2D eigenvalue weighted by Crippen LogP contribution is -2.47. The van der Waals surface area contributed by atoms with Crippen LogP contribution in [0.25, 0.3) is 0 Å². The number of nitrogens with zero attached hydrogens (tertiary/aromatic N) is 4. The highest BCUT2D eigenvalue weighted by Gasteiger charge is 2.32. The van der Waals surface area contributed by atoms with Crippen molar-refractivity contribution in [3.8, 4) is 0 Å². The maximum Gasteiger partial charge on any atom is 0.171 e. The molecule has 172 valence electrons. The van der Waals surface area contributed by atoms with E-state index in [-0.39, 0.29) is 12.0 Å². The van der Waals surface area contributed by atoms with Crippen molar-refractivity contribution in [3.63, 3.8) is 0 Å². The van der Waals surface area contributed by atoms with Crippen LogP contribution in [0.1, 0.15) is 25.7 Å². The molecule has 0 amide bonds. The van der Waals surface area contributed by atoms with Gasteiger partial charge in [-0.3, -0.25) is 15.5 Å². The first-order valence-electron chi connectivity index (χ1n) is 11.1. The highest BCUT2D eigenvalue weighted by molar-refractivity contribution is 6.30. The third-order valence-corrected chi connectivity index (χ3v) is 6.70. The molecule has 0 aromatic heterocycles. The fraction of sp³-hybridized carbons (Fsp3) is 0.714. The van der Waals surface area contributed by atoms with E-state index in [1.54, 1.807) is 7.05 Å². The number of likely N-dealkylation sites (tertiary alicyclic amines) is 1. The molecule has 0 aromatic carbocycles. The van der Waals surface area contributed by atoms with E-state index in [0.717, 1.165) is 49.7 Å². The van der Waals surface area contributed by atoms with Crippen molar-refractivity contribution in [2.24, 2.45) is 15.9 Å². The summed E-state index contributed by atoms with van der Waals surface area (Å²) in [5, 5.41) is 20.6. The number of hydrogen-bond donors (Lipinski definition) is 4. The Morgan fingerprint density at radius 2 is 2.23 bits per heavy atom. The van der Waals surface area contributed by atoms with E-state index in [1.165, 1.54) is 11.8 Å². The van der Waals surface area contributed by atoms with Gasteiger partial charge in [0, 0.05) is 56.3 Å². The van der Waals surface area contributed by atoms with Gasteiger partial charge in [-0.05, 0) is 38.0 Å². The van der Waals surface area contributed by atoms with E-state index in [0.29, 0.717) is 18.8 Å². The minimum atomic E-state index is -1.24. The SMILES string of the molecule is CNC(O)N1CCCC(NC2N=C(CC3CNC4=C3C=C(Cl)CN4C)N=CC2F)CC1. The number of halogens is 2. The van der Waals surface area contributed by atoms with Gasteiger partial charge >= 0.3 is 0 Å². The molecule has 0 aliphatic carbocycles. The third-order valence-electron chi connectivity index (χ3n) is 6.47. The summed E-state index contributed by atoms with van der Waals surface area (Å²) in [5.41, 5.74) is 1.18. The molecule has 0 spiro atoms. The number of amidine groups is 1. The number of alkyl halides is 1. The quantitative estimate of drug-likeness (QED) is 0.448. The number of allylic oxidation sites excluding steroid dienone is 1. The van der Waals surface area contributed by atoms with Crippen molar-refractivity contribution in [2.75, 3.05) is 40.3 Å². The molecule has 0 saturated carbocycles. The smallest absolute Gasteiger partial charge is 0.171 e. The van der Waals surface area contributed by atoms with Crippen LogP contribution < -0.4 is 16.0 Å². The summed E-state index contributed by atoms with van der Waals surface area (Å²) in [6.07, 6.45) is 4.27. The number of hydrogen-bond acceptors (Lipinski definition) is 8. The van der Waals surface area contributed by atoms with Crippen molar-refractivity contribution in [2.45, 2.75) is 50.4 Å². The van der Waals surface area contributed by atoms with Gasteiger partial charge in [-0.15, -0.1) is 0 Å². The maximum absolute atomic E-state index is 14.6. The average Bonchev–Trinajstić information content (AvgIpc) is 2.99. The molecule has 1 fully saturated rings. The number of aliphatic imine (C=N–C) groups is 2. The lowest BCUT2D eigenvalue weighted by atomic mass is 9.95. The summed E-state index contributed by atoms with van der Waals surface area (Å²) in [6.45, 7) is 3.07. The molecule has 5 unspecified atom stereocenters. The Morgan fingerprint density at radius 3 is 3.03 bits per heavy atom. The largest absolute Gasteiger partial charge is 0.371 e. The second-order valence-electron chi connectivity index (χ2n) is 8.74. The predicted molar refractivity (Wildman–Crippen MR) is 122 cm³/mol. The fourth-order valence-electron chi connectivity index (χ4n) is 4.78. The van der Waals surface area contributed by atoms with Gasteiger partial charge in [-0.2, -0.15) is 0 Å². The van der Waals surface area contributed by atoms with Crippen LogP contribution in [0.2, 0.25) is 0 Å². The van der Waals surface area contributed by atoms with Crippen LogP contribution in [0.3, 0.4) is 0 Å². The predicted octanol–water partition coefficient (Wildman–Crippen LogP) is 0.962. The second kappa shape index (κ2) is 9.95. The van der Waals surface area contributed by atoms with Crippen molar-refractivity contribution < 1.29 is 9.50 Å². The van der Waals surface area contributed by atoms with Crippen LogP contribution in [-0.2, 0) is 0 Å². The minimum Gasteiger partial charge on any atom is -0.371 e. The lowest BCUT2D eigenvalue weighted by molar-refractivity contribution is -0.0147. The van der Waals surface area contributed by atoms with Crippen LogP contribution in [0.4, 0.5) is 4.39 Å². The van der Waals surface area contributed by atoms with Crippen LogP contribution >= 0.6 is 11.6 Å². The summed E-state index contributed by atoms with van der Waals surface area (Å²) in [5.74, 6) is 2.00. The summed E-state index contributed by atoms with van der Waals surface area (Å²) in [6, 6.07) is 0.157. The molecule has 4 heterocycles. The molecule has 4 aliphatic heterocycles. The maximum atomic E-state index is 14.6. The van der Waals surface area contributed by atoms with E-state index in [1.807, 2.05) is 18.0 Å². The Balaban J connectivity index is 1.38. The normalized spacial score (nSPS) is 32.9. The van der Waals surface area contributed by atoms with Gasteiger partial charge in [0.1, 0.15) is 17.8 Å². The Hall–Kier alpha value is -1.52. The molecule has 10 heteroatoms. The Kier molecular flexibility index (Phi) is 7.28. The molecule has 0 radical (unpaired) electrons. The zero-order valence-electron chi connectivity index (χ0n) is 18.2. The van der Waals surface area contributed by atoms with E-state index in [4.69, 9.17) is 11.6 Å². The number of likely N-dealkylation sites (N-methyl/N-ethyl adjacent to an activating group) is 1. The van der Waals surface area contributed by atoms with Crippen molar-refractivity contribution >= 4 is 23.7 Å². The summed E-state index contributed by atoms with van der Waals surface area (Å²) < 4.78 is 14.6. The van der Waals surface area contributed by atoms with Crippen molar-refractivity contribution in [3.05, 3.63) is 22.5 Å². The zero-order valence-corrected chi connectivity index (χ0v) is 18.9. The Labute approximate surface area is 188 Å². The highest BCUT2D eigenvalue weighted by Crippen LogP contribution is 2.32. The van der Waals surface area contributed by atoms with Gasteiger partial charge in [0.2, 0.25) is 0 Å². The van der Waals surface area contributed by atoms with Crippen molar-refractivity contribution in [1.82, 2.24) is 25.8 Å². The van der Waals surface area contributed by atoms with Crippen LogP contribution in [0, 0.1) is 5.92 Å². The van der Waals surface area contributed by atoms with Crippen LogP contribution in [-0.4, -0.2) is 92.0 Å². The minimum absolute atomic E-state index is 0.157. The van der Waals surface area contributed by atoms with Gasteiger partial charge in [0.25, 0.3) is 0 Å². The van der Waals surface area contributed by atoms with Crippen LogP contribution in [0.15, 0.2) is 32.5 Å². The number of nitrogens with one attached hydrogen (secondary N) is 3. The lowest BCUT2D eigenvalue weighted by Gasteiger charge is -2.27. The second-order valence-corrected chi connectivity index (χ2v) is 9.22. The first-order chi connectivity index (χ1) is 14.9. The highest BCUT2D eigenvalue weighted by atomic mass is 35.5. The molecule has 31 heavy (non-hydrogen) atoms. The molecule has 8 nitrogen and oxygen atoms in total. The Bertz CT molecular complexity index is 786. The first kappa shape index (κ1) is 22.7. The molecular weight excluding hydrogens is 421 g/mol. The molecule has 0 aromatic rings. The molecular formula is C21H33ClFN7O. The van der Waals surface area contributed by atoms with E-state index < -0.39 is 18.7 Å². The van der Waals surface area contributed by atoms with E-state index in [2.05, 4.69) is 30.8 Å². The number of aliphatic hydroxyl groups excluding tert-OH is 1. The standard InChI is InChI=1S/C21H33ClFN7O/c1-24-21(31)30-6-3-4-15(5-7-30)27-19-17(23)11-25-18(28-19)8-13-10-26-20-16(13)9-14(22)12-29(20)2/h9,11,13,15,17,19,21,24,26-27,31H,3-8,10,12H2,1-2H3. The average molecular weight is 454 g/mol. The fourth-order valence-corrected chi connectivity index (χ4v) is 5.08. The molecule has 0 bridgehead atoms. The summed E-state index contributed by atoms with van der Waals surface area (Å²) >= 11 is 6.30. The molecule has 4 N–H and O–H groups in total. The first-order valence-corrected chi connectivity index (χ1v) is 11.5. The monoisotopic (exact) mass is 453 g/mol. The van der Waals surface area contributed by atoms with Gasteiger partial charge < -0.3 is 15.3 Å². The van der Waals surface area contributed by atoms with Crippen LogP contribution in [0.5, 0.6) is 0 Å². The topological polar surface area (TPSA) is 87.5 Å². The zero-order chi connectivity index (χ0) is 22.0. The number of aliphatic hydroxyl groups is 1. The van der Waals surface area contributed by atoms with Crippen molar-refractivity contribution in [1.29, 1.82) is 0 Å². The van der Waals surface area contributed by atoms with Gasteiger partial charge in [-0.25, -0.2) is 14.4 Å².